The van der Waals surface area contributed by atoms with Crippen molar-refractivity contribution < 1.29 is 26.5 Å². The number of rotatable bonds is 3. The third-order valence-electron chi connectivity index (χ3n) is 2.39. The summed E-state index contributed by atoms with van der Waals surface area (Å²) in [6.45, 7) is 4.48. The van der Waals surface area contributed by atoms with Crippen LogP contribution in [0.2, 0.25) is 0 Å². The molecule has 0 aliphatic rings. The molecule has 0 radical (unpaired) electrons. The Kier molecular flexibility index (Phi) is 5.04. The molecule has 1 rings (SSSR count). The molecular formula is C12H14F5NOS. The Morgan fingerprint density at radius 1 is 1.10 bits per heavy atom. The van der Waals surface area contributed by atoms with Crippen LogP contribution in [0.1, 0.15) is 32.4 Å². The first-order chi connectivity index (χ1) is 8.93. The molecule has 114 valence electrons. The van der Waals surface area contributed by atoms with E-state index in [9.17, 15) is 26.5 Å². The van der Waals surface area contributed by atoms with Crippen molar-refractivity contribution in [2.45, 2.75) is 37.7 Å². The van der Waals surface area contributed by atoms with Gasteiger partial charge in [-0.2, -0.15) is 13.2 Å². The Morgan fingerprint density at radius 3 is 2.05 bits per heavy atom. The Labute approximate surface area is 116 Å². The second kappa shape index (κ2) is 5.87. The van der Waals surface area contributed by atoms with E-state index in [2.05, 4.69) is 0 Å². The van der Waals surface area contributed by atoms with Crippen LogP contribution in [0.4, 0.5) is 22.0 Å². The molecule has 2 nitrogen and oxygen atoms in total. The van der Waals surface area contributed by atoms with Crippen LogP contribution in [-0.2, 0) is 11.4 Å². The minimum Gasteiger partial charge on any atom is -0.598 e. The van der Waals surface area contributed by atoms with Crippen LogP contribution in [0.25, 0.3) is 0 Å². The molecule has 0 aliphatic heterocycles. The lowest BCUT2D eigenvalue weighted by molar-refractivity contribution is -0.153. The van der Waals surface area contributed by atoms with Crippen molar-refractivity contribution in [3.05, 3.63) is 35.4 Å². The zero-order valence-corrected chi connectivity index (χ0v) is 11.8. The molecule has 1 aromatic rings. The van der Waals surface area contributed by atoms with Gasteiger partial charge in [0.05, 0.1) is 0 Å². The fourth-order valence-corrected chi connectivity index (χ4v) is 2.14. The van der Waals surface area contributed by atoms with Gasteiger partial charge in [0, 0.05) is 11.4 Å². The fraction of sp³-hybridized carbons (Fsp3) is 0.500. The SMILES string of the molecule is CC(C)(C)[S+]([O-])NC(c1ccc(F)c(F)c1)C(F)(F)F. The summed E-state index contributed by atoms with van der Waals surface area (Å²) in [5, 5.41) is 0. The smallest absolute Gasteiger partial charge is 0.412 e. The van der Waals surface area contributed by atoms with Crippen LogP contribution in [0.5, 0.6) is 0 Å². The maximum Gasteiger partial charge on any atom is 0.412 e. The number of nitrogens with one attached hydrogen (secondary N) is 1. The normalized spacial score (nSPS) is 16.1. The fourth-order valence-electron chi connectivity index (χ4n) is 1.30. The molecule has 0 spiro atoms. The third-order valence-corrected chi connectivity index (χ3v) is 3.95. The summed E-state index contributed by atoms with van der Waals surface area (Å²) in [7, 11) is 0. The molecular weight excluding hydrogens is 301 g/mol. The molecule has 0 saturated carbocycles. The van der Waals surface area contributed by atoms with Gasteiger partial charge in [-0.05, 0) is 38.5 Å². The summed E-state index contributed by atoms with van der Waals surface area (Å²) in [6, 6.07) is -0.479. The van der Waals surface area contributed by atoms with Crippen LogP contribution >= 0.6 is 0 Å². The van der Waals surface area contributed by atoms with E-state index in [1.54, 1.807) is 0 Å². The molecule has 0 aliphatic carbocycles. The van der Waals surface area contributed by atoms with Gasteiger partial charge < -0.3 is 4.55 Å². The van der Waals surface area contributed by atoms with Crippen molar-refractivity contribution in [2.75, 3.05) is 0 Å². The number of hydrogen-bond acceptors (Lipinski definition) is 2. The second-order valence-electron chi connectivity index (χ2n) is 5.15. The molecule has 0 amide bonds. The topological polar surface area (TPSA) is 35.1 Å². The van der Waals surface area contributed by atoms with E-state index in [4.69, 9.17) is 0 Å². The maximum atomic E-state index is 13.1. The highest BCUT2D eigenvalue weighted by Gasteiger charge is 2.45. The number of hydrogen-bond donors (Lipinski definition) is 1. The van der Waals surface area contributed by atoms with Gasteiger partial charge in [-0.25, -0.2) is 8.78 Å². The van der Waals surface area contributed by atoms with E-state index < -0.39 is 45.5 Å². The van der Waals surface area contributed by atoms with Crippen molar-refractivity contribution in [1.29, 1.82) is 0 Å². The summed E-state index contributed by atoms with van der Waals surface area (Å²) >= 11 is -2.01. The van der Waals surface area contributed by atoms with Gasteiger partial charge in [0.25, 0.3) is 0 Å². The van der Waals surface area contributed by atoms with Gasteiger partial charge >= 0.3 is 6.18 Å². The van der Waals surface area contributed by atoms with Crippen LogP contribution in [0.3, 0.4) is 0 Å². The van der Waals surface area contributed by atoms with Gasteiger partial charge in [-0.15, -0.1) is 4.72 Å². The van der Waals surface area contributed by atoms with E-state index in [-0.39, 0.29) is 0 Å². The van der Waals surface area contributed by atoms with Crippen molar-refractivity contribution in [3.63, 3.8) is 0 Å². The summed E-state index contributed by atoms with van der Waals surface area (Å²) in [4.78, 5) is 0. The van der Waals surface area contributed by atoms with Gasteiger partial charge in [-0.1, -0.05) is 6.07 Å². The number of benzene rings is 1. The number of alkyl halides is 3. The van der Waals surface area contributed by atoms with Crippen LogP contribution in [0.15, 0.2) is 18.2 Å². The Morgan fingerprint density at radius 2 is 1.65 bits per heavy atom. The predicted octanol–water partition coefficient (Wildman–Crippen LogP) is 3.62. The lowest BCUT2D eigenvalue weighted by Crippen LogP contribution is -2.45. The average molecular weight is 315 g/mol. The second-order valence-corrected chi connectivity index (χ2v) is 7.15. The van der Waals surface area contributed by atoms with Gasteiger partial charge in [0.15, 0.2) is 17.7 Å². The van der Waals surface area contributed by atoms with Crippen molar-refractivity contribution in [1.82, 2.24) is 4.72 Å². The number of halogens is 5. The first-order valence-corrected chi connectivity index (χ1v) is 6.77. The Balaban J connectivity index is 3.11. The van der Waals surface area contributed by atoms with Crippen molar-refractivity contribution in [3.8, 4) is 0 Å². The van der Waals surface area contributed by atoms with Crippen molar-refractivity contribution >= 4 is 11.4 Å². The monoisotopic (exact) mass is 315 g/mol. The summed E-state index contributed by atoms with van der Waals surface area (Å²) in [6.07, 6.45) is -4.79. The van der Waals surface area contributed by atoms with E-state index in [1.165, 1.54) is 20.8 Å². The van der Waals surface area contributed by atoms with E-state index in [0.717, 1.165) is 6.07 Å². The highest BCUT2D eigenvalue weighted by molar-refractivity contribution is 7.90. The predicted molar refractivity (Wildman–Crippen MR) is 66.2 cm³/mol. The molecule has 0 saturated heterocycles. The first-order valence-electron chi connectivity index (χ1n) is 5.62. The molecule has 1 N–H and O–H groups in total. The zero-order chi connectivity index (χ0) is 15.7. The molecule has 0 fully saturated rings. The molecule has 8 heteroatoms. The average Bonchev–Trinajstić information content (AvgIpc) is 2.26. The van der Waals surface area contributed by atoms with Gasteiger partial charge in [0.2, 0.25) is 0 Å². The largest absolute Gasteiger partial charge is 0.598 e. The third kappa shape index (κ3) is 4.32. The first kappa shape index (κ1) is 17.2. The van der Waals surface area contributed by atoms with Crippen molar-refractivity contribution in [2.24, 2.45) is 0 Å². The molecule has 1 aromatic carbocycles. The quantitative estimate of drug-likeness (QED) is 0.683. The van der Waals surface area contributed by atoms with Gasteiger partial charge in [0.1, 0.15) is 4.75 Å². The highest BCUT2D eigenvalue weighted by Crippen LogP contribution is 2.35. The summed E-state index contributed by atoms with van der Waals surface area (Å²) in [5.41, 5.74) is -0.533. The van der Waals surface area contributed by atoms with E-state index in [0.29, 0.717) is 12.1 Å². The Hall–Kier alpha value is -0.860. The lowest BCUT2D eigenvalue weighted by atomic mass is 10.1. The summed E-state index contributed by atoms with van der Waals surface area (Å²) < 4.78 is 77.5. The molecule has 2 unspecified atom stereocenters. The highest BCUT2D eigenvalue weighted by atomic mass is 32.2. The summed E-state index contributed by atoms with van der Waals surface area (Å²) in [5.74, 6) is -2.63. The Bertz CT molecular complexity index is 472. The van der Waals surface area contributed by atoms with Gasteiger partial charge in [-0.3, -0.25) is 0 Å². The van der Waals surface area contributed by atoms with Crippen LogP contribution < -0.4 is 4.72 Å². The molecule has 0 aromatic heterocycles. The zero-order valence-electron chi connectivity index (χ0n) is 11.0. The molecule has 0 heterocycles. The van der Waals surface area contributed by atoms with Crippen LogP contribution in [-0.4, -0.2) is 15.5 Å². The minimum absolute atomic E-state index is 0.445. The molecule has 2 atom stereocenters. The maximum absolute atomic E-state index is 13.1. The lowest BCUT2D eigenvalue weighted by Gasteiger charge is -2.29. The van der Waals surface area contributed by atoms with Crippen LogP contribution in [0, 0.1) is 11.6 Å². The standard InChI is InChI=1S/C12H14F5NOS/c1-11(2,3)20(19)18-10(12(15,16)17)7-4-5-8(13)9(14)6-7/h4-6,10,18H,1-3H3. The molecule has 0 bridgehead atoms. The van der Waals surface area contributed by atoms with E-state index in [1.807, 2.05) is 4.72 Å². The van der Waals surface area contributed by atoms with E-state index >= 15 is 0 Å². The molecule has 20 heavy (non-hydrogen) atoms. The minimum atomic E-state index is -4.79.